The lowest BCUT2D eigenvalue weighted by Gasteiger charge is -2.17. The Labute approximate surface area is 131 Å². The van der Waals surface area contributed by atoms with Gasteiger partial charge < -0.3 is 10.1 Å². The van der Waals surface area contributed by atoms with Crippen molar-refractivity contribution in [3.8, 4) is 5.75 Å². The summed E-state index contributed by atoms with van der Waals surface area (Å²) in [6, 6.07) is 8.41. The van der Waals surface area contributed by atoms with Crippen LogP contribution in [0.5, 0.6) is 5.75 Å². The zero-order valence-electron chi connectivity index (χ0n) is 12.8. The molecule has 0 saturated heterocycles. The van der Waals surface area contributed by atoms with Crippen LogP contribution >= 0.6 is 11.3 Å². The number of hydrogen-bond donors (Lipinski definition) is 1. The van der Waals surface area contributed by atoms with Crippen molar-refractivity contribution in [2.45, 2.75) is 26.2 Å². The van der Waals surface area contributed by atoms with Crippen molar-refractivity contribution in [1.29, 1.82) is 0 Å². The molecular weight excluding hydrogens is 280 g/mol. The van der Waals surface area contributed by atoms with Crippen LogP contribution in [0.25, 0.3) is 0 Å². The van der Waals surface area contributed by atoms with Crippen LogP contribution in [0.15, 0.2) is 36.0 Å². The Morgan fingerprint density at radius 2 is 2.05 bits per heavy atom. The second-order valence-corrected chi connectivity index (χ2v) is 6.27. The molecule has 1 N–H and O–H groups in total. The van der Waals surface area contributed by atoms with Crippen LogP contribution in [-0.4, -0.2) is 25.2 Å². The van der Waals surface area contributed by atoms with Gasteiger partial charge in [0.05, 0.1) is 12.6 Å². The molecular formula is C17H24N2OS. The zero-order chi connectivity index (χ0) is 14.9. The molecule has 2 aromatic rings. The number of thiazole rings is 1. The van der Waals surface area contributed by atoms with Gasteiger partial charge in [-0.15, -0.1) is 11.3 Å². The monoisotopic (exact) mass is 304 g/mol. The Morgan fingerprint density at radius 3 is 2.67 bits per heavy atom. The van der Waals surface area contributed by atoms with Crippen LogP contribution in [0.4, 0.5) is 0 Å². The molecule has 1 heterocycles. The molecule has 1 atom stereocenters. The second-order valence-electron chi connectivity index (χ2n) is 5.29. The van der Waals surface area contributed by atoms with Gasteiger partial charge in [0.2, 0.25) is 0 Å². The van der Waals surface area contributed by atoms with E-state index in [-0.39, 0.29) is 0 Å². The van der Waals surface area contributed by atoms with E-state index in [1.807, 2.05) is 23.8 Å². The van der Waals surface area contributed by atoms with Gasteiger partial charge in [-0.3, -0.25) is 4.98 Å². The van der Waals surface area contributed by atoms with Crippen molar-refractivity contribution < 1.29 is 4.74 Å². The van der Waals surface area contributed by atoms with Crippen molar-refractivity contribution in [2.75, 3.05) is 20.2 Å². The summed E-state index contributed by atoms with van der Waals surface area (Å²) in [4.78, 5) is 5.55. The maximum atomic E-state index is 5.22. The summed E-state index contributed by atoms with van der Waals surface area (Å²) in [6.07, 6.45) is 5.34. The molecule has 114 valence electrons. The SMILES string of the molecule is CCCNCC(Cc1ccc(OC)cc1)Cc1cncs1. The first-order valence-corrected chi connectivity index (χ1v) is 8.40. The molecule has 1 aromatic carbocycles. The van der Waals surface area contributed by atoms with Gasteiger partial charge in [-0.25, -0.2) is 0 Å². The topological polar surface area (TPSA) is 34.1 Å². The third-order valence-corrected chi connectivity index (χ3v) is 4.32. The fourth-order valence-corrected chi connectivity index (χ4v) is 3.13. The lowest BCUT2D eigenvalue weighted by Crippen LogP contribution is -2.26. The van der Waals surface area contributed by atoms with E-state index in [0.29, 0.717) is 5.92 Å². The number of methoxy groups -OCH3 is 1. The molecule has 3 nitrogen and oxygen atoms in total. The Kier molecular flexibility index (Phi) is 6.70. The lowest BCUT2D eigenvalue weighted by molar-refractivity contribution is 0.414. The summed E-state index contributed by atoms with van der Waals surface area (Å²) in [5.41, 5.74) is 3.28. The highest BCUT2D eigenvalue weighted by molar-refractivity contribution is 7.09. The average molecular weight is 304 g/mol. The standard InChI is InChI=1S/C17H24N2OS/c1-3-8-18-11-15(10-17-12-19-13-21-17)9-14-4-6-16(20-2)7-5-14/h4-7,12-13,15,18H,3,8-11H2,1-2H3. The largest absolute Gasteiger partial charge is 0.497 e. The molecule has 0 bridgehead atoms. The first-order chi connectivity index (χ1) is 10.3. The molecule has 0 saturated carbocycles. The summed E-state index contributed by atoms with van der Waals surface area (Å²) in [6.45, 7) is 4.34. The van der Waals surface area contributed by atoms with Gasteiger partial charge in [-0.2, -0.15) is 0 Å². The third-order valence-electron chi connectivity index (χ3n) is 3.52. The number of hydrogen-bond acceptors (Lipinski definition) is 4. The van der Waals surface area contributed by atoms with E-state index in [0.717, 1.165) is 31.7 Å². The maximum absolute atomic E-state index is 5.22. The smallest absolute Gasteiger partial charge is 0.118 e. The van der Waals surface area contributed by atoms with Gasteiger partial charge in [0, 0.05) is 11.1 Å². The summed E-state index contributed by atoms with van der Waals surface area (Å²) >= 11 is 1.75. The number of ether oxygens (including phenoxy) is 1. The highest BCUT2D eigenvalue weighted by Crippen LogP contribution is 2.19. The van der Waals surface area contributed by atoms with Crippen molar-refractivity contribution >= 4 is 11.3 Å². The predicted octanol–water partition coefficient (Wildman–Crippen LogP) is 3.55. The minimum absolute atomic E-state index is 0.602. The van der Waals surface area contributed by atoms with Crippen LogP contribution < -0.4 is 10.1 Å². The van der Waals surface area contributed by atoms with E-state index >= 15 is 0 Å². The average Bonchev–Trinajstić information content (AvgIpc) is 3.01. The second kappa shape index (κ2) is 8.80. The number of nitrogens with zero attached hydrogens (tertiary/aromatic N) is 1. The van der Waals surface area contributed by atoms with Gasteiger partial charge >= 0.3 is 0 Å². The first-order valence-electron chi connectivity index (χ1n) is 7.52. The van der Waals surface area contributed by atoms with E-state index in [2.05, 4.69) is 29.4 Å². The van der Waals surface area contributed by atoms with Gasteiger partial charge in [-0.05, 0) is 56.0 Å². The number of aromatic nitrogens is 1. The Morgan fingerprint density at radius 1 is 1.24 bits per heavy atom. The van der Waals surface area contributed by atoms with Crippen LogP contribution in [0.1, 0.15) is 23.8 Å². The van der Waals surface area contributed by atoms with Crippen LogP contribution in [0.2, 0.25) is 0 Å². The van der Waals surface area contributed by atoms with Crippen LogP contribution in [0, 0.1) is 5.92 Å². The van der Waals surface area contributed by atoms with E-state index in [1.165, 1.54) is 16.9 Å². The van der Waals surface area contributed by atoms with Crippen LogP contribution in [-0.2, 0) is 12.8 Å². The maximum Gasteiger partial charge on any atom is 0.118 e. The molecule has 1 unspecified atom stereocenters. The van der Waals surface area contributed by atoms with E-state index in [1.54, 1.807) is 18.4 Å². The fraction of sp³-hybridized carbons (Fsp3) is 0.471. The molecule has 4 heteroatoms. The van der Waals surface area contributed by atoms with E-state index in [9.17, 15) is 0 Å². The van der Waals surface area contributed by atoms with Gasteiger partial charge in [-0.1, -0.05) is 19.1 Å². The normalized spacial score (nSPS) is 12.3. The van der Waals surface area contributed by atoms with Gasteiger partial charge in [0.15, 0.2) is 0 Å². The van der Waals surface area contributed by atoms with Crippen molar-refractivity contribution in [2.24, 2.45) is 5.92 Å². The van der Waals surface area contributed by atoms with Crippen molar-refractivity contribution in [3.05, 3.63) is 46.4 Å². The Bertz CT molecular complexity index is 496. The van der Waals surface area contributed by atoms with Crippen molar-refractivity contribution in [3.63, 3.8) is 0 Å². The molecule has 0 fully saturated rings. The predicted molar refractivity (Wildman–Crippen MR) is 89.2 cm³/mol. The van der Waals surface area contributed by atoms with Crippen LogP contribution in [0.3, 0.4) is 0 Å². The third kappa shape index (κ3) is 5.48. The molecule has 2 rings (SSSR count). The van der Waals surface area contributed by atoms with Gasteiger partial charge in [0.25, 0.3) is 0 Å². The highest BCUT2D eigenvalue weighted by atomic mass is 32.1. The number of nitrogens with one attached hydrogen (secondary N) is 1. The summed E-state index contributed by atoms with van der Waals surface area (Å²) in [5, 5.41) is 3.55. The van der Waals surface area contributed by atoms with Gasteiger partial charge in [0.1, 0.15) is 5.75 Å². The molecule has 0 spiro atoms. The van der Waals surface area contributed by atoms with E-state index in [4.69, 9.17) is 4.74 Å². The quantitative estimate of drug-likeness (QED) is 0.719. The zero-order valence-corrected chi connectivity index (χ0v) is 13.7. The highest BCUT2D eigenvalue weighted by Gasteiger charge is 2.12. The molecule has 0 aliphatic heterocycles. The molecule has 21 heavy (non-hydrogen) atoms. The summed E-state index contributed by atoms with van der Waals surface area (Å²) in [7, 11) is 1.70. The molecule has 0 aliphatic carbocycles. The minimum Gasteiger partial charge on any atom is -0.497 e. The molecule has 0 aliphatic rings. The molecule has 1 aromatic heterocycles. The summed E-state index contributed by atoms with van der Waals surface area (Å²) < 4.78 is 5.22. The Balaban J connectivity index is 1.96. The van der Waals surface area contributed by atoms with E-state index < -0.39 is 0 Å². The minimum atomic E-state index is 0.602. The first kappa shape index (κ1) is 16.0. The summed E-state index contributed by atoms with van der Waals surface area (Å²) in [5.74, 6) is 1.52. The molecule has 0 amide bonds. The number of rotatable bonds is 9. The number of benzene rings is 1. The Hall–Kier alpha value is -1.39. The lowest BCUT2D eigenvalue weighted by atomic mass is 9.95. The van der Waals surface area contributed by atoms with Crippen molar-refractivity contribution in [1.82, 2.24) is 10.3 Å². The molecule has 0 radical (unpaired) electrons. The fourth-order valence-electron chi connectivity index (χ4n) is 2.42.